The zero-order valence-corrected chi connectivity index (χ0v) is 14.3. The lowest BCUT2D eigenvalue weighted by Gasteiger charge is -2.19. The highest BCUT2D eigenvalue weighted by Gasteiger charge is 2.16. The van der Waals surface area contributed by atoms with E-state index in [0.717, 1.165) is 11.1 Å². The van der Waals surface area contributed by atoms with Gasteiger partial charge >= 0.3 is 0 Å². The third-order valence-electron chi connectivity index (χ3n) is 3.59. The minimum absolute atomic E-state index is 0.107. The number of fused-ring (bicyclic) bond motifs is 1. The van der Waals surface area contributed by atoms with Crippen molar-refractivity contribution in [1.82, 2.24) is 14.7 Å². The molecule has 1 aliphatic heterocycles. The molecular weight excluding hydrogens is 330 g/mol. The molecule has 1 amide bonds. The average molecular weight is 348 g/mol. The molecule has 6 nitrogen and oxygen atoms in total. The first-order valence-corrected chi connectivity index (χ1v) is 7.90. The smallest absolute Gasteiger partial charge is 0.246 e. The zero-order valence-electron chi connectivity index (χ0n) is 13.5. The molecule has 0 fully saturated rings. The van der Waals surface area contributed by atoms with Crippen molar-refractivity contribution in [2.75, 3.05) is 20.3 Å². The van der Waals surface area contributed by atoms with E-state index in [1.807, 2.05) is 19.3 Å². The van der Waals surface area contributed by atoms with Gasteiger partial charge in [0.15, 0.2) is 11.5 Å². The van der Waals surface area contributed by atoms with Crippen LogP contribution in [0.2, 0.25) is 5.02 Å². The Labute approximate surface area is 145 Å². The number of aromatic nitrogens is 2. The predicted octanol–water partition coefficient (Wildman–Crippen LogP) is 2.52. The summed E-state index contributed by atoms with van der Waals surface area (Å²) in [5.74, 6) is 1.05. The fourth-order valence-electron chi connectivity index (χ4n) is 2.43. The predicted molar refractivity (Wildman–Crippen MR) is 91.2 cm³/mol. The summed E-state index contributed by atoms with van der Waals surface area (Å²) in [6.07, 6.45) is 6.85. The van der Waals surface area contributed by atoms with Gasteiger partial charge in [-0.2, -0.15) is 5.10 Å². The zero-order chi connectivity index (χ0) is 17.1. The van der Waals surface area contributed by atoms with Crippen molar-refractivity contribution in [3.8, 4) is 11.5 Å². The van der Waals surface area contributed by atoms with E-state index in [9.17, 15) is 4.79 Å². The van der Waals surface area contributed by atoms with Crippen molar-refractivity contribution >= 4 is 23.6 Å². The van der Waals surface area contributed by atoms with E-state index in [1.165, 1.54) is 6.08 Å². The van der Waals surface area contributed by atoms with Crippen LogP contribution in [0.5, 0.6) is 11.5 Å². The molecule has 2 heterocycles. The summed E-state index contributed by atoms with van der Waals surface area (Å²) in [6.45, 7) is 1.47. The molecule has 0 saturated carbocycles. The number of amides is 1. The van der Waals surface area contributed by atoms with Crippen molar-refractivity contribution in [3.05, 3.63) is 46.8 Å². The lowest BCUT2D eigenvalue weighted by molar-refractivity contribution is -0.125. The SMILES string of the molecule is CN(Cc1cnn(C)c1)C(=O)/C=C/c1cc(Cl)c2c(c1)OCCO2. The number of hydrogen-bond donors (Lipinski definition) is 0. The van der Waals surface area contributed by atoms with E-state index >= 15 is 0 Å². The van der Waals surface area contributed by atoms with Gasteiger partial charge in [-0.25, -0.2) is 0 Å². The molecule has 0 N–H and O–H groups in total. The molecule has 0 aliphatic carbocycles. The minimum atomic E-state index is -0.107. The largest absolute Gasteiger partial charge is 0.486 e. The second-order valence-electron chi connectivity index (χ2n) is 5.58. The Morgan fingerprint density at radius 3 is 2.96 bits per heavy atom. The Hall–Kier alpha value is -2.47. The number of ether oxygens (including phenoxy) is 2. The van der Waals surface area contributed by atoms with E-state index < -0.39 is 0 Å². The standard InChI is InChI=1S/C17H18ClN3O3/c1-20(10-13-9-19-21(2)11-13)16(22)4-3-12-7-14(18)17-15(8-12)23-5-6-24-17/h3-4,7-9,11H,5-6,10H2,1-2H3/b4-3+. The first kappa shape index (κ1) is 16.4. The van der Waals surface area contributed by atoms with Crippen LogP contribution in [0.4, 0.5) is 0 Å². The molecule has 0 atom stereocenters. The number of carbonyl (C=O) groups is 1. The summed E-state index contributed by atoms with van der Waals surface area (Å²) < 4.78 is 12.7. The van der Waals surface area contributed by atoms with Gasteiger partial charge in [0.2, 0.25) is 5.91 Å². The van der Waals surface area contributed by atoms with Crippen LogP contribution in [0.1, 0.15) is 11.1 Å². The normalized spacial score (nSPS) is 13.3. The molecule has 0 saturated heterocycles. The van der Waals surface area contributed by atoms with Crippen molar-refractivity contribution < 1.29 is 14.3 Å². The van der Waals surface area contributed by atoms with Crippen molar-refractivity contribution in [3.63, 3.8) is 0 Å². The minimum Gasteiger partial charge on any atom is -0.486 e. The molecule has 0 spiro atoms. The van der Waals surface area contributed by atoms with Gasteiger partial charge in [0.05, 0.1) is 11.2 Å². The Kier molecular flexibility index (Phi) is 4.76. The quantitative estimate of drug-likeness (QED) is 0.797. The highest BCUT2D eigenvalue weighted by molar-refractivity contribution is 6.32. The first-order valence-electron chi connectivity index (χ1n) is 7.53. The van der Waals surface area contributed by atoms with Gasteiger partial charge in [-0.15, -0.1) is 0 Å². The Morgan fingerprint density at radius 2 is 2.21 bits per heavy atom. The third kappa shape index (κ3) is 3.71. The van der Waals surface area contributed by atoms with E-state index in [1.54, 1.807) is 35.0 Å². The van der Waals surface area contributed by atoms with Gasteiger partial charge < -0.3 is 14.4 Å². The molecule has 1 aliphatic rings. The number of hydrogen-bond acceptors (Lipinski definition) is 4. The molecule has 7 heteroatoms. The van der Waals surface area contributed by atoms with E-state index in [-0.39, 0.29) is 5.91 Å². The van der Waals surface area contributed by atoms with Crippen molar-refractivity contribution in [2.24, 2.45) is 7.05 Å². The highest BCUT2D eigenvalue weighted by atomic mass is 35.5. The lowest BCUT2D eigenvalue weighted by Crippen LogP contribution is -2.23. The average Bonchev–Trinajstić information content (AvgIpc) is 2.97. The highest BCUT2D eigenvalue weighted by Crippen LogP contribution is 2.38. The monoisotopic (exact) mass is 347 g/mol. The molecule has 1 aromatic heterocycles. The second-order valence-corrected chi connectivity index (χ2v) is 5.98. The number of carbonyl (C=O) groups excluding carboxylic acids is 1. The number of aryl methyl sites for hydroxylation is 1. The fraction of sp³-hybridized carbons (Fsp3) is 0.294. The number of nitrogens with zero attached hydrogens (tertiary/aromatic N) is 3. The van der Waals surface area contributed by atoms with Crippen molar-refractivity contribution in [2.45, 2.75) is 6.54 Å². The van der Waals surface area contributed by atoms with Crippen LogP contribution >= 0.6 is 11.6 Å². The molecule has 3 rings (SSSR count). The summed E-state index contributed by atoms with van der Waals surface area (Å²) in [7, 11) is 3.59. The maximum Gasteiger partial charge on any atom is 0.246 e. The van der Waals surface area contributed by atoms with Crippen LogP contribution < -0.4 is 9.47 Å². The first-order chi connectivity index (χ1) is 11.5. The van der Waals surface area contributed by atoms with Gasteiger partial charge in [0.1, 0.15) is 13.2 Å². The molecule has 1 aromatic carbocycles. The van der Waals surface area contributed by atoms with E-state index in [0.29, 0.717) is 36.3 Å². The van der Waals surface area contributed by atoms with Crippen LogP contribution in [-0.2, 0) is 18.4 Å². The number of halogens is 1. The maximum absolute atomic E-state index is 12.2. The van der Waals surface area contributed by atoms with Crippen LogP contribution in [0, 0.1) is 0 Å². The lowest BCUT2D eigenvalue weighted by atomic mass is 10.1. The van der Waals surface area contributed by atoms with Gasteiger partial charge in [-0.1, -0.05) is 11.6 Å². The summed E-state index contributed by atoms with van der Waals surface area (Å²) in [5.41, 5.74) is 1.76. The molecule has 0 unspecified atom stereocenters. The Balaban J connectivity index is 1.68. The summed E-state index contributed by atoms with van der Waals surface area (Å²) in [5, 5.41) is 4.57. The number of rotatable bonds is 4. The third-order valence-corrected chi connectivity index (χ3v) is 3.87. The van der Waals surface area contributed by atoms with Crippen LogP contribution in [0.25, 0.3) is 6.08 Å². The number of benzene rings is 1. The van der Waals surface area contributed by atoms with Crippen LogP contribution in [0.15, 0.2) is 30.6 Å². The molecule has 2 aromatic rings. The van der Waals surface area contributed by atoms with Gasteiger partial charge in [0, 0.05) is 38.5 Å². The van der Waals surface area contributed by atoms with Crippen LogP contribution in [0.3, 0.4) is 0 Å². The molecule has 0 bridgehead atoms. The molecule has 126 valence electrons. The summed E-state index contributed by atoms with van der Waals surface area (Å²) in [6, 6.07) is 3.56. The maximum atomic E-state index is 12.2. The summed E-state index contributed by atoms with van der Waals surface area (Å²) in [4.78, 5) is 13.8. The van der Waals surface area contributed by atoms with Gasteiger partial charge in [-0.05, 0) is 23.8 Å². The second kappa shape index (κ2) is 6.97. The van der Waals surface area contributed by atoms with Gasteiger partial charge in [0.25, 0.3) is 0 Å². The number of likely N-dealkylation sites (N-methyl/N-ethyl adjacent to an activating group) is 1. The van der Waals surface area contributed by atoms with Crippen LogP contribution in [-0.4, -0.2) is 40.8 Å². The molecule has 0 radical (unpaired) electrons. The van der Waals surface area contributed by atoms with Crippen molar-refractivity contribution in [1.29, 1.82) is 0 Å². The van der Waals surface area contributed by atoms with Gasteiger partial charge in [-0.3, -0.25) is 9.48 Å². The fourth-order valence-corrected chi connectivity index (χ4v) is 2.70. The topological polar surface area (TPSA) is 56.6 Å². The Bertz CT molecular complexity index is 785. The Morgan fingerprint density at radius 1 is 1.42 bits per heavy atom. The van der Waals surface area contributed by atoms with E-state index in [4.69, 9.17) is 21.1 Å². The molecule has 24 heavy (non-hydrogen) atoms. The molecular formula is C17H18ClN3O3. The van der Waals surface area contributed by atoms with E-state index in [2.05, 4.69) is 5.10 Å². The summed E-state index contributed by atoms with van der Waals surface area (Å²) >= 11 is 6.19.